The molecular weight excluding hydrogens is 248 g/mol. The Bertz CT molecular complexity index is 334. The van der Waals surface area contributed by atoms with Gasteiger partial charge in [-0.3, -0.25) is 10.1 Å². The molecule has 0 spiro atoms. The first-order chi connectivity index (χ1) is 9.47. The molecular formula is C17H32N2O. The molecule has 1 aliphatic carbocycles. The lowest BCUT2D eigenvalue weighted by atomic mass is 9.78. The van der Waals surface area contributed by atoms with Crippen molar-refractivity contribution in [1.82, 2.24) is 10.2 Å². The molecule has 0 radical (unpaired) electrons. The van der Waals surface area contributed by atoms with Crippen molar-refractivity contribution in [2.24, 2.45) is 11.3 Å². The number of hydrogen-bond donors (Lipinski definition) is 1. The SMILES string of the molecule is CCCC1NC(C)C(=O)N1CC1(CC(C)C)CCCC1. The van der Waals surface area contributed by atoms with Crippen LogP contribution in [0.4, 0.5) is 0 Å². The third-order valence-corrected chi connectivity index (χ3v) is 5.05. The molecule has 1 saturated carbocycles. The van der Waals surface area contributed by atoms with Crippen molar-refractivity contribution in [3.05, 3.63) is 0 Å². The van der Waals surface area contributed by atoms with E-state index in [1.54, 1.807) is 0 Å². The summed E-state index contributed by atoms with van der Waals surface area (Å²) in [7, 11) is 0. The fraction of sp³-hybridized carbons (Fsp3) is 0.941. The van der Waals surface area contributed by atoms with Crippen LogP contribution in [0.15, 0.2) is 0 Å². The average Bonchev–Trinajstić information content (AvgIpc) is 2.91. The van der Waals surface area contributed by atoms with Gasteiger partial charge in [0.15, 0.2) is 0 Å². The van der Waals surface area contributed by atoms with Crippen molar-refractivity contribution in [1.29, 1.82) is 0 Å². The molecule has 3 nitrogen and oxygen atoms in total. The highest BCUT2D eigenvalue weighted by Crippen LogP contribution is 2.44. The van der Waals surface area contributed by atoms with Gasteiger partial charge in [0.2, 0.25) is 5.91 Å². The van der Waals surface area contributed by atoms with Crippen LogP contribution in [-0.2, 0) is 4.79 Å². The second-order valence-electron chi connectivity index (χ2n) is 7.46. The van der Waals surface area contributed by atoms with Crippen LogP contribution in [0.1, 0.15) is 72.6 Å². The molecule has 2 aliphatic rings. The predicted molar refractivity (Wildman–Crippen MR) is 83.4 cm³/mol. The summed E-state index contributed by atoms with van der Waals surface area (Å²) < 4.78 is 0. The first kappa shape index (κ1) is 15.8. The molecule has 20 heavy (non-hydrogen) atoms. The summed E-state index contributed by atoms with van der Waals surface area (Å²) in [6.45, 7) is 9.82. The van der Waals surface area contributed by atoms with Gasteiger partial charge in [-0.25, -0.2) is 0 Å². The Kier molecular flexibility index (Phi) is 5.11. The third-order valence-electron chi connectivity index (χ3n) is 5.05. The van der Waals surface area contributed by atoms with E-state index in [1.807, 2.05) is 6.92 Å². The number of carbonyl (C=O) groups excluding carboxylic acids is 1. The fourth-order valence-electron chi connectivity index (χ4n) is 4.33. The molecule has 2 atom stereocenters. The molecule has 2 rings (SSSR count). The molecule has 116 valence electrons. The summed E-state index contributed by atoms with van der Waals surface area (Å²) in [6.07, 6.45) is 9.05. The summed E-state index contributed by atoms with van der Waals surface area (Å²) in [5, 5.41) is 3.48. The molecule has 1 N–H and O–H groups in total. The monoisotopic (exact) mass is 280 g/mol. The highest BCUT2D eigenvalue weighted by Gasteiger charge is 2.42. The van der Waals surface area contributed by atoms with E-state index in [-0.39, 0.29) is 12.2 Å². The Morgan fingerprint density at radius 3 is 2.55 bits per heavy atom. The Morgan fingerprint density at radius 2 is 2.00 bits per heavy atom. The van der Waals surface area contributed by atoms with E-state index in [1.165, 1.54) is 32.1 Å². The maximum Gasteiger partial charge on any atom is 0.240 e. The smallest absolute Gasteiger partial charge is 0.240 e. The number of rotatable bonds is 6. The maximum atomic E-state index is 12.5. The van der Waals surface area contributed by atoms with Gasteiger partial charge in [0, 0.05) is 6.54 Å². The van der Waals surface area contributed by atoms with Crippen molar-refractivity contribution in [3.8, 4) is 0 Å². The third kappa shape index (κ3) is 3.36. The van der Waals surface area contributed by atoms with Gasteiger partial charge in [-0.05, 0) is 43.9 Å². The standard InChI is InChI=1S/C17H32N2O/c1-5-8-15-18-14(4)16(20)19(15)12-17(11-13(2)3)9-6-7-10-17/h13-15,18H,5-12H2,1-4H3. The average molecular weight is 280 g/mol. The lowest BCUT2D eigenvalue weighted by molar-refractivity contribution is -0.131. The van der Waals surface area contributed by atoms with Gasteiger partial charge < -0.3 is 4.90 Å². The van der Waals surface area contributed by atoms with Gasteiger partial charge in [-0.15, -0.1) is 0 Å². The van der Waals surface area contributed by atoms with Crippen LogP contribution in [0, 0.1) is 11.3 Å². The van der Waals surface area contributed by atoms with Crippen LogP contribution in [0.2, 0.25) is 0 Å². The van der Waals surface area contributed by atoms with Crippen molar-refractivity contribution in [2.75, 3.05) is 6.54 Å². The van der Waals surface area contributed by atoms with Gasteiger partial charge in [0.25, 0.3) is 0 Å². The van der Waals surface area contributed by atoms with Crippen LogP contribution in [0.3, 0.4) is 0 Å². The molecule has 1 saturated heterocycles. The second kappa shape index (κ2) is 6.46. The molecule has 0 aromatic heterocycles. The van der Waals surface area contributed by atoms with Crippen LogP contribution in [0.25, 0.3) is 0 Å². The maximum absolute atomic E-state index is 12.5. The van der Waals surface area contributed by atoms with Crippen LogP contribution >= 0.6 is 0 Å². The van der Waals surface area contributed by atoms with Crippen LogP contribution < -0.4 is 5.32 Å². The minimum absolute atomic E-state index is 0.00375. The largest absolute Gasteiger partial charge is 0.325 e. The van der Waals surface area contributed by atoms with Crippen molar-refractivity contribution in [3.63, 3.8) is 0 Å². The molecule has 0 aromatic rings. The summed E-state index contributed by atoms with van der Waals surface area (Å²) >= 11 is 0. The Morgan fingerprint density at radius 1 is 1.35 bits per heavy atom. The Labute approximate surface area is 124 Å². The summed E-state index contributed by atoms with van der Waals surface area (Å²) in [5.74, 6) is 1.04. The quantitative estimate of drug-likeness (QED) is 0.807. The number of nitrogens with zero attached hydrogens (tertiary/aromatic N) is 1. The van der Waals surface area contributed by atoms with Crippen LogP contribution in [0.5, 0.6) is 0 Å². The predicted octanol–water partition coefficient (Wildman–Crippen LogP) is 3.54. The van der Waals surface area contributed by atoms with Gasteiger partial charge >= 0.3 is 0 Å². The second-order valence-corrected chi connectivity index (χ2v) is 7.46. The highest BCUT2D eigenvalue weighted by atomic mass is 16.2. The molecule has 1 heterocycles. The topological polar surface area (TPSA) is 32.3 Å². The summed E-state index contributed by atoms with van der Waals surface area (Å²) in [4.78, 5) is 14.6. The normalized spacial score (nSPS) is 29.6. The zero-order chi connectivity index (χ0) is 14.8. The Hall–Kier alpha value is -0.570. The van der Waals surface area contributed by atoms with E-state index in [2.05, 4.69) is 31.0 Å². The first-order valence-corrected chi connectivity index (χ1v) is 8.54. The minimum atomic E-state index is 0.00375. The van der Waals surface area contributed by atoms with Gasteiger partial charge in [0.05, 0.1) is 12.2 Å². The van der Waals surface area contributed by atoms with E-state index in [0.29, 0.717) is 11.3 Å². The van der Waals surface area contributed by atoms with E-state index in [0.717, 1.165) is 25.3 Å². The minimum Gasteiger partial charge on any atom is -0.325 e. The van der Waals surface area contributed by atoms with E-state index in [9.17, 15) is 4.79 Å². The van der Waals surface area contributed by atoms with Crippen molar-refractivity contribution < 1.29 is 4.79 Å². The first-order valence-electron chi connectivity index (χ1n) is 8.54. The number of nitrogens with one attached hydrogen (secondary N) is 1. The summed E-state index contributed by atoms with van der Waals surface area (Å²) in [6, 6.07) is 0.00375. The van der Waals surface area contributed by atoms with Crippen molar-refractivity contribution >= 4 is 5.91 Å². The highest BCUT2D eigenvalue weighted by molar-refractivity contribution is 5.83. The molecule has 3 heteroatoms. The number of amides is 1. The van der Waals surface area contributed by atoms with E-state index < -0.39 is 0 Å². The molecule has 2 unspecified atom stereocenters. The lowest BCUT2D eigenvalue weighted by Crippen LogP contribution is -2.44. The Balaban J connectivity index is 2.09. The molecule has 1 aliphatic heterocycles. The van der Waals surface area contributed by atoms with Crippen molar-refractivity contribution in [2.45, 2.75) is 84.8 Å². The number of carbonyl (C=O) groups is 1. The molecule has 0 aromatic carbocycles. The number of hydrogen-bond acceptors (Lipinski definition) is 2. The van der Waals surface area contributed by atoms with Gasteiger partial charge in [-0.2, -0.15) is 0 Å². The zero-order valence-corrected chi connectivity index (χ0v) is 13.7. The van der Waals surface area contributed by atoms with Gasteiger partial charge in [-0.1, -0.05) is 40.0 Å². The van der Waals surface area contributed by atoms with Crippen LogP contribution in [-0.4, -0.2) is 29.6 Å². The fourth-order valence-corrected chi connectivity index (χ4v) is 4.33. The molecule has 0 bridgehead atoms. The molecule has 2 fully saturated rings. The van der Waals surface area contributed by atoms with Gasteiger partial charge in [0.1, 0.15) is 0 Å². The lowest BCUT2D eigenvalue weighted by Gasteiger charge is -2.37. The zero-order valence-electron chi connectivity index (χ0n) is 13.7. The summed E-state index contributed by atoms with van der Waals surface area (Å²) in [5.41, 5.74) is 0.390. The van der Waals surface area contributed by atoms with E-state index in [4.69, 9.17) is 0 Å². The van der Waals surface area contributed by atoms with E-state index >= 15 is 0 Å². The molecule has 1 amide bonds.